The standard InChI is InChI=1S/C5H12O2.2C4H6O6/c1-2-3-5(7)4-6;2*5-1(3(7)8)2(6)4(9)10/h5-7H,2-4H2,1H3;2*1-2,5-6H,(H,7,8)(H,9,10). The van der Waals surface area contributed by atoms with E-state index >= 15 is 0 Å². The Morgan fingerprint density at radius 1 is 0.630 bits per heavy atom. The van der Waals surface area contributed by atoms with Crippen LogP contribution in [0.4, 0.5) is 0 Å². The van der Waals surface area contributed by atoms with Crippen LogP contribution in [0.15, 0.2) is 0 Å². The number of carboxylic acid groups (broad SMARTS) is 4. The Labute approximate surface area is 152 Å². The van der Waals surface area contributed by atoms with Gasteiger partial charge in [-0.3, -0.25) is 0 Å². The van der Waals surface area contributed by atoms with Crippen LogP contribution in [0.5, 0.6) is 0 Å². The van der Waals surface area contributed by atoms with Crippen molar-refractivity contribution in [1.29, 1.82) is 0 Å². The maximum Gasteiger partial charge on any atom is 0.335 e. The minimum absolute atomic E-state index is 0.103. The van der Waals surface area contributed by atoms with Crippen LogP contribution in [0.1, 0.15) is 19.8 Å². The molecule has 0 fully saturated rings. The molecule has 0 aliphatic rings. The number of aliphatic carboxylic acids is 4. The molecular weight excluding hydrogens is 380 g/mol. The van der Waals surface area contributed by atoms with Gasteiger partial charge in [0.15, 0.2) is 24.4 Å². The zero-order chi connectivity index (χ0) is 22.3. The number of carboxylic acids is 4. The maximum atomic E-state index is 9.77. The van der Waals surface area contributed by atoms with E-state index in [4.69, 9.17) is 51.1 Å². The van der Waals surface area contributed by atoms with Crippen molar-refractivity contribution in [2.24, 2.45) is 0 Å². The molecule has 27 heavy (non-hydrogen) atoms. The molecule has 0 aromatic carbocycles. The van der Waals surface area contributed by atoms with Crippen LogP contribution in [-0.4, -0.2) is 112 Å². The summed E-state index contributed by atoms with van der Waals surface area (Å²) in [5.74, 6) is -7.07. The number of rotatable bonds is 9. The van der Waals surface area contributed by atoms with Gasteiger partial charge in [-0.25, -0.2) is 19.2 Å². The summed E-state index contributed by atoms with van der Waals surface area (Å²) >= 11 is 0. The molecule has 0 spiro atoms. The first-order valence-electron chi connectivity index (χ1n) is 7.16. The molecule has 0 aliphatic carbocycles. The summed E-state index contributed by atoms with van der Waals surface area (Å²) in [4.78, 5) is 39.1. The number of carbonyl (C=O) groups is 4. The van der Waals surface area contributed by atoms with E-state index in [-0.39, 0.29) is 6.61 Å². The molecule has 0 radical (unpaired) electrons. The Morgan fingerprint density at radius 2 is 0.852 bits per heavy atom. The van der Waals surface area contributed by atoms with Gasteiger partial charge < -0.3 is 51.1 Å². The van der Waals surface area contributed by atoms with Gasteiger partial charge in [0, 0.05) is 0 Å². The van der Waals surface area contributed by atoms with Gasteiger partial charge in [0.05, 0.1) is 12.7 Å². The molecule has 0 aromatic heterocycles. The quantitative estimate of drug-likeness (QED) is 0.175. The fraction of sp³-hybridized carbons (Fsp3) is 0.692. The first-order chi connectivity index (χ1) is 12.2. The number of aliphatic hydroxyl groups excluding tert-OH is 6. The van der Waals surface area contributed by atoms with Crippen molar-refractivity contribution in [1.82, 2.24) is 0 Å². The van der Waals surface area contributed by atoms with Crippen LogP contribution in [0.2, 0.25) is 0 Å². The molecule has 5 unspecified atom stereocenters. The number of aliphatic hydroxyl groups is 6. The third kappa shape index (κ3) is 15.6. The molecule has 10 N–H and O–H groups in total. The lowest BCUT2D eigenvalue weighted by atomic mass is 10.2. The topological polar surface area (TPSA) is 271 Å². The van der Waals surface area contributed by atoms with Crippen LogP contribution in [-0.2, 0) is 19.2 Å². The lowest BCUT2D eigenvalue weighted by molar-refractivity contribution is -0.165. The Hall–Kier alpha value is -2.36. The van der Waals surface area contributed by atoms with Crippen molar-refractivity contribution in [3.05, 3.63) is 0 Å². The van der Waals surface area contributed by atoms with Gasteiger partial charge in [0.2, 0.25) is 0 Å². The van der Waals surface area contributed by atoms with Crippen molar-refractivity contribution < 1.29 is 70.2 Å². The van der Waals surface area contributed by atoms with Crippen molar-refractivity contribution in [2.45, 2.75) is 50.3 Å². The molecule has 14 nitrogen and oxygen atoms in total. The summed E-state index contributed by atoms with van der Waals surface area (Å²) < 4.78 is 0. The minimum atomic E-state index is -2.27. The van der Waals surface area contributed by atoms with Crippen molar-refractivity contribution in [2.75, 3.05) is 6.61 Å². The summed E-state index contributed by atoms with van der Waals surface area (Å²) in [6.45, 7) is 1.87. The molecule has 0 saturated heterocycles. The van der Waals surface area contributed by atoms with Gasteiger partial charge >= 0.3 is 23.9 Å². The molecule has 0 bridgehead atoms. The Kier molecular flexibility index (Phi) is 17.3. The lowest BCUT2D eigenvalue weighted by Crippen LogP contribution is -2.39. The van der Waals surface area contributed by atoms with Gasteiger partial charge in [0.25, 0.3) is 0 Å². The van der Waals surface area contributed by atoms with Gasteiger partial charge in [-0.1, -0.05) is 13.3 Å². The highest BCUT2D eigenvalue weighted by atomic mass is 16.4. The van der Waals surface area contributed by atoms with Gasteiger partial charge in [-0.15, -0.1) is 0 Å². The molecule has 0 amide bonds. The van der Waals surface area contributed by atoms with Crippen LogP contribution in [0.25, 0.3) is 0 Å². The first kappa shape index (κ1) is 29.4. The normalized spacial score (nSPS) is 15.4. The minimum Gasteiger partial charge on any atom is -0.479 e. The van der Waals surface area contributed by atoms with E-state index in [1.165, 1.54) is 0 Å². The summed E-state index contributed by atoms with van der Waals surface area (Å²) in [6.07, 6.45) is -7.92. The number of hydrogen-bond donors (Lipinski definition) is 10. The highest BCUT2D eigenvalue weighted by Crippen LogP contribution is 1.93. The fourth-order valence-corrected chi connectivity index (χ4v) is 0.965. The molecule has 14 heteroatoms. The first-order valence-corrected chi connectivity index (χ1v) is 7.16. The Bertz CT molecular complexity index is 392. The molecule has 0 aromatic rings. The Morgan fingerprint density at radius 3 is 0.926 bits per heavy atom. The molecule has 5 atom stereocenters. The van der Waals surface area contributed by atoms with Gasteiger partial charge in [-0.05, 0) is 6.42 Å². The largest absolute Gasteiger partial charge is 0.479 e. The zero-order valence-electron chi connectivity index (χ0n) is 14.1. The predicted molar refractivity (Wildman–Crippen MR) is 82.6 cm³/mol. The van der Waals surface area contributed by atoms with Crippen LogP contribution in [0, 0.1) is 0 Å². The smallest absolute Gasteiger partial charge is 0.335 e. The van der Waals surface area contributed by atoms with Crippen LogP contribution in [0.3, 0.4) is 0 Å². The van der Waals surface area contributed by atoms with Crippen molar-refractivity contribution >= 4 is 23.9 Å². The van der Waals surface area contributed by atoms with Gasteiger partial charge in [0.1, 0.15) is 0 Å². The van der Waals surface area contributed by atoms with Crippen LogP contribution >= 0.6 is 0 Å². The highest BCUT2D eigenvalue weighted by Gasteiger charge is 2.30. The predicted octanol–water partition coefficient (Wildman–Crippen LogP) is -4.11. The molecule has 0 rings (SSSR count). The third-order valence-corrected chi connectivity index (χ3v) is 2.44. The van der Waals surface area contributed by atoms with E-state index in [0.29, 0.717) is 6.42 Å². The molecule has 0 aliphatic heterocycles. The van der Waals surface area contributed by atoms with Gasteiger partial charge in [-0.2, -0.15) is 0 Å². The second-order valence-corrected chi connectivity index (χ2v) is 4.76. The van der Waals surface area contributed by atoms with Crippen molar-refractivity contribution in [3.8, 4) is 0 Å². The summed E-state index contributed by atoms with van der Waals surface area (Å²) in [6, 6.07) is 0. The zero-order valence-corrected chi connectivity index (χ0v) is 14.1. The average molecular weight is 404 g/mol. The van der Waals surface area contributed by atoms with Crippen LogP contribution < -0.4 is 0 Å². The number of hydrogen-bond acceptors (Lipinski definition) is 10. The fourth-order valence-electron chi connectivity index (χ4n) is 0.965. The van der Waals surface area contributed by atoms with E-state index in [1.807, 2.05) is 6.92 Å². The summed E-state index contributed by atoms with van der Waals surface area (Å²) in [5, 5.41) is 81.9. The summed E-state index contributed by atoms with van der Waals surface area (Å²) in [7, 11) is 0. The molecule has 160 valence electrons. The van der Waals surface area contributed by atoms with E-state index < -0.39 is 54.4 Å². The third-order valence-electron chi connectivity index (χ3n) is 2.44. The van der Waals surface area contributed by atoms with E-state index in [2.05, 4.69) is 0 Å². The van der Waals surface area contributed by atoms with E-state index in [9.17, 15) is 19.2 Å². The maximum absolute atomic E-state index is 9.77. The second kappa shape index (κ2) is 15.9. The second-order valence-electron chi connectivity index (χ2n) is 4.76. The van der Waals surface area contributed by atoms with Crippen molar-refractivity contribution in [3.63, 3.8) is 0 Å². The lowest BCUT2D eigenvalue weighted by Gasteiger charge is -2.07. The molecule has 0 saturated carbocycles. The Balaban J connectivity index is -0.000000326. The van der Waals surface area contributed by atoms with E-state index in [0.717, 1.165) is 6.42 Å². The van der Waals surface area contributed by atoms with E-state index in [1.54, 1.807) is 0 Å². The molecule has 0 heterocycles. The average Bonchev–Trinajstić information content (AvgIpc) is 2.59. The molecular formula is C13H24O14. The highest BCUT2D eigenvalue weighted by molar-refractivity contribution is 5.83. The SMILES string of the molecule is CCCC(O)CO.O=C(O)C(O)C(O)C(=O)O.O=C(O)C(O)C(O)C(=O)O. The summed E-state index contributed by atoms with van der Waals surface area (Å²) in [5.41, 5.74) is 0. The monoisotopic (exact) mass is 404 g/mol.